The Morgan fingerprint density at radius 2 is 1.06 bits per heavy atom. The first-order chi connectivity index (χ1) is 24.0. The van der Waals surface area contributed by atoms with Gasteiger partial charge in [0.05, 0.1) is 0 Å². The maximum absolute atomic E-state index is 2.47. The summed E-state index contributed by atoms with van der Waals surface area (Å²) in [6.45, 7) is 4.79. The molecule has 0 nitrogen and oxygen atoms in total. The summed E-state index contributed by atoms with van der Waals surface area (Å²) in [5, 5.41) is 7.91. The second kappa shape index (κ2) is 10.8. The van der Waals surface area contributed by atoms with Gasteiger partial charge in [0.25, 0.3) is 0 Å². The molecule has 0 bridgehead atoms. The Morgan fingerprint density at radius 3 is 1.94 bits per heavy atom. The molecule has 232 valence electrons. The fourth-order valence-electron chi connectivity index (χ4n) is 8.36. The van der Waals surface area contributed by atoms with Gasteiger partial charge in [-0.1, -0.05) is 141 Å². The minimum Gasteiger partial charge on any atom is -0.135 e. The third kappa shape index (κ3) is 4.50. The lowest BCUT2D eigenvalue weighted by molar-refractivity contribution is 0.659. The van der Waals surface area contributed by atoms with E-state index in [1.807, 2.05) is 11.3 Å². The first-order valence-corrected chi connectivity index (χ1v) is 18.0. The van der Waals surface area contributed by atoms with Crippen LogP contribution in [0.4, 0.5) is 0 Å². The lowest BCUT2D eigenvalue weighted by Crippen LogP contribution is -2.15. The molecule has 0 saturated carbocycles. The summed E-state index contributed by atoms with van der Waals surface area (Å²) >= 11 is 1.88. The maximum Gasteiger partial charge on any atom is 0.0355 e. The molecule has 0 unspecified atom stereocenters. The summed E-state index contributed by atoms with van der Waals surface area (Å²) in [4.78, 5) is 0. The van der Waals surface area contributed by atoms with Crippen molar-refractivity contribution in [2.45, 2.75) is 25.7 Å². The van der Waals surface area contributed by atoms with Crippen LogP contribution in [0.1, 0.15) is 36.1 Å². The van der Waals surface area contributed by atoms with Crippen LogP contribution < -0.4 is 0 Å². The second-order valence-electron chi connectivity index (χ2n) is 14.1. The van der Waals surface area contributed by atoms with Crippen LogP contribution >= 0.6 is 11.3 Å². The molecule has 0 radical (unpaired) electrons. The smallest absolute Gasteiger partial charge is 0.0355 e. The Kier molecular flexibility index (Phi) is 6.26. The molecule has 0 aliphatic heterocycles. The minimum absolute atomic E-state index is 0.0933. The van der Waals surface area contributed by atoms with Crippen LogP contribution in [0.15, 0.2) is 158 Å². The predicted octanol–water partition coefficient (Wildman–Crippen LogP) is 13.6. The van der Waals surface area contributed by atoms with E-state index >= 15 is 0 Å². The number of fused-ring (bicyclic) bond motifs is 9. The van der Waals surface area contributed by atoms with E-state index in [1.54, 1.807) is 0 Å². The zero-order valence-corrected chi connectivity index (χ0v) is 28.4. The average Bonchev–Trinajstić information content (AvgIpc) is 3.62. The van der Waals surface area contributed by atoms with Crippen LogP contribution in [0.3, 0.4) is 0 Å². The molecule has 49 heavy (non-hydrogen) atoms. The van der Waals surface area contributed by atoms with Crippen molar-refractivity contribution in [1.29, 1.82) is 0 Å². The summed E-state index contributed by atoms with van der Waals surface area (Å²) in [6.07, 6.45) is 0.908. The molecule has 8 aromatic carbocycles. The van der Waals surface area contributed by atoms with Crippen molar-refractivity contribution in [2.24, 2.45) is 0 Å². The van der Waals surface area contributed by atoms with Crippen molar-refractivity contribution in [3.05, 3.63) is 180 Å². The number of hydrogen-bond donors (Lipinski definition) is 0. The van der Waals surface area contributed by atoms with E-state index in [9.17, 15) is 0 Å². The number of benzene rings is 8. The molecule has 0 amide bonds. The molecule has 10 rings (SSSR count). The van der Waals surface area contributed by atoms with Crippen molar-refractivity contribution in [3.63, 3.8) is 0 Å². The van der Waals surface area contributed by atoms with Crippen LogP contribution in [0.5, 0.6) is 0 Å². The summed E-state index contributed by atoms with van der Waals surface area (Å²) in [5.74, 6) is 0. The van der Waals surface area contributed by atoms with Crippen LogP contribution in [0, 0.1) is 0 Å². The van der Waals surface area contributed by atoms with Gasteiger partial charge in [-0.25, -0.2) is 0 Å². The highest BCUT2D eigenvalue weighted by molar-refractivity contribution is 7.25. The number of hydrogen-bond acceptors (Lipinski definition) is 1. The van der Waals surface area contributed by atoms with E-state index in [4.69, 9.17) is 0 Å². The lowest BCUT2D eigenvalue weighted by Gasteiger charge is -2.23. The van der Waals surface area contributed by atoms with Crippen molar-refractivity contribution in [1.82, 2.24) is 0 Å². The molecular weight excluding hydrogens is 609 g/mol. The van der Waals surface area contributed by atoms with Crippen molar-refractivity contribution < 1.29 is 0 Å². The van der Waals surface area contributed by atoms with Gasteiger partial charge in [0.15, 0.2) is 0 Å². The third-order valence-electron chi connectivity index (χ3n) is 10.9. The lowest BCUT2D eigenvalue weighted by atomic mass is 9.80. The van der Waals surface area contributed by atoms with Crippen LogP contribution in [-0.4, -0.2) is 0 Å². The fraction of sp³-hybridized carbons (Fsp3) is 0.0833. The zero-order valence-electron chi connectivity index (χ0n) is 27.6. The molecule has 1 aliphatic carbocycles. The van der Waals surface area contributed by atoms with Gasteiger partial charge in [-0.2, -0.15) is 0 Å². The standard InChI is InChI=1S/C48H34S/c1-48(2)44-26-31(24-30-10-9-12-32(25-30)33-20-23-47-43(27-33)41-16-7-8-17-46(41)49-47)18-21-39(44)40-22-19-35(29-45(40)48)42-28-34-11-3-4-13-36(34)37-14-5-6-15-38(37)42/h3-23,25-29H,24H2,1-2H3. The zero-order chi connectivity index (χ0) is 32.7. The molecular formula is C48H34S. The largest absolute Gasteiger partial charge is 0.135 e. The Morgan fingerprint density at radius 1 is 0.408 bits per heavy atom. The quantitative estimate of drug-likeness (QED) is 0.168. The van der Waals surface area contributed by atoms with Crippen LogP contribution in [0.2, 0.25) is 0 Å². The SMILES string of the molecule is CC1(C)c2cc(Cc3cccc(-c4ccc5sc6ccccc6c5c4)c3)ccc2-c2ccc(-c3cc4ccccc4c4ccccc34)cc21. The summed E-state index contributed by atoms with van der Waals surface area (Å²) in [7, 11) is 0. The number of thiophene rings is 1. The van der Waals surface area contributed by atoms with E-state index in [2.05, 4.69) is 172 Å². The second-order valence-corrected chi connectivity index (χ2v) is 15.2. The summed E-state index contributed by atoms with van der Waals surface area (Å²) < 4.78 is 2.70. The van der Waals surface area contributed by atoms with E-state index in [0.717, 1.165) is 6.42 Å². The summed E-state index contributed by atoms with van der Waals surface area (Å²) in [5.41, 5.74) is 13.3. The normalized spacial score (nSPS) is 13.3. The third-order valence-corrected chi connectivity index (χ3v) is 12.0. The molecule has 0 fully saturated rings. The van der Waals surface area contributed by atoms with Gasteiger partial charge in [0.1, 0.15) is 0 Å². The van der Waals surface area contributed by atoms with Gasteiger partial charge in [-0.3, -0.25) is 0 Å². The topological polar surface area (TPSA) is 0 Å². The Balaban J connectivity index is 0.992. The van der Waals surface area contributed by atoms with Gasteiger partial charge >= 0.3 is 0 Å². The van der Waals surface area contributed by atoms with Crippen molar-refractivity contribution >= 4 is 53.1 Å². The minimum atomic E-state index is -0.0933. The van der Waals surface area contributed by atoms with Gasteiger partial charge < -0.3 is 0 Å². The molecule has 1 aliphatic rings. The van der Waals surface area contributed by atoms with Gasteiger partial charge in [-0.05, 0) is 114 Å². The highest BCUT2D eigenvalue weighted by atomic mass is 32.1. The molecule has 9 aromatic rings. The molecule has 0 N–H and O–H groups in total. The highest BCUT2D eigenvalue weighted by Gasteiger charge is 2.36. The molecule has 1 heteroatoms. The Labute approximate surface area is 290 Å². The predicted molar refractivity (Wildman–Crippen MR) is 212 cm³/mol. The van der Waals surface area contributed by atoms with E-state index in [0.29, 0.717) is 0 Å². The monoisotopic (exact) mass is 642 g/mol. The van der Waals surface area contributed by atoms with Gasteiger partial charge in [0, 0.05) is 25.6 Å². The van der Waals surface area contributed by atoms with Gasteiger partial charge in [-0.15, -0.1) is 11.3 Å². The number of rotatable bonds is 4. The average molecular weight is 643 g/mol. The summed E-state index contributed by atoms with van der Waals surface area (Å²) in [6, 6.07) is 59.1. The molecule has 0 saturated heterocycles. The van der Waals surface area contributed by atoms with E-state index < -0.39 is 0 Å². The fourth-order valence-corrected chi connectivity index (χ4v) is 9.44. The maximum atomic E-state index is 2.47. The first kappa shape index (κ1) is 28.5. The Hall–Kier alpha value is -5.50. The molecule has 0 atom stereocenters. The Bertz CT molecular complexity index is 2770. The molecule has 0 spiro atoms. The van der Waals surface area contributed by atoms with Crippen LogP contribution in [-0.2, 0) is 11.8 Å². The molecule has 1 aromatic heterocycles. The van der Waals surface area contributed by atoms with E-state index in [1.165, 1.54) is 97.4 Å². The van der Waals surface area contributed by atoms with Gasteiger partial charge in [0.2, 0.25) is 0 Å². The van der Waals surface area contributed by atoms with Crippen molar-refractivity contribution in [2.75, 3.05) is 0 Å². The first-order valence-electron chi connectivity index (χ1n) is 17.2. The highest BCUT2D eigenvalue weighted by Crippen LogP contribution is 2.50. The van der Waals surface area contributed by atoms with E-state index in [-0.39, 0.29) is 5.41 Å². The van der Waals surface area contributed by atoms with Crippen molar-refractivity contribution in [3.8, 4) is 33.4 Å². The molecule has 1 heterocycles. The van der Waals surface area contributed by atoms with Crippen LogP contribution in [0.25, 0.3) is 75.1 Å².